The minimum absolute atomic E-state index is 0.0747. The third kappa shape index (κ3) is 3.42. The number of rotatable bonds is 5. The van der Waals surface area contributed by atoms with Gasteiger partial charge in [-0.25, -0.2) is 0 Å². The molecule has 1 saturated carbocycles. The van der Waals surface area contributed by atoms with Crippen molar-refractivity contribution in [2.75, 3.05) is 20.2 Å². The van der Waals surface area contributed by atoms with Gasteiger partial charge in [0.05, 0.1) is 7.11 Å². The predicted octanol–water partition coefficient (Wildman–Crippen LogP) is 2.57. The highest BCUT2D eigenvalue weighted by Crippen LogP contribution is 2.36. The Bertz CT molecular complexity index is 355. The number of nitrogens with one attached hydrogen (secondary N) is 1. The molecule has 0 aromatic heterocycles. The van der Waals surface area contributed by atoms with Crippen LogP contribution in [-0.2, 0) is 9.53 Å². The van der Waals surface area contributed by atoms with Crippen LogP contribution in [0.15, 0.2) is 0 Å². The lowest BCUT2D eigenvalue weighted by Gasteiger charge is -2.44. The SMILES string of the molecule is CCNC1(C(=O)OC)CCCC(N2CCCC2C(C)C)C1. The van der Waals surface area contributed by atoms with Gasteiger partial charge in [-0.15, -0.1) is 0 Å². The van der Waals surface area contributed by atoms with Crippen molar-refractivity contribution >= 4 is 5.97 Å². The Morgan fingerprint density at radius 1 is 1.38 bits per heavy atom. The molecule has 1 aliphatic carbocycles. The number of nitrogens with zero attached hydrogens (tertiary/aromatic N) is 1. The quantitative estimate of drug-likeness (QED) is 0.792. The molecular weight excluding hydrogens is 264 g/mol. The number of methoxy groups -OCH3 is 1. The van der Waals surface area contributed by atoms with Gasteiger partial charge in [-0.3, -0.25) is 9.69 Å². The van der Waals surface area contributed by atoms with Crippen molar-refractivity contribution in [2.45, 2.75) is 76.9 Å². The van der Waals surface area contributed by atoms with E-state index in [-0.39, 0.29) is 5.97 Å². The first-order chi connectivity index (χ1) is 10.0. The molecular formula is C17H32N2O2. The van der Waals surface area contributed by atoms with Crippen LogP contribution in [0.1, 0.15) is 59.3 Å². The molecule has 1 heterocycles. The number of esters is 1. The van der Waals surface area contributed by atoms with Gasteiger partial charge >= 0.3 is 5.97 Å². The van der Waals surface area contributed by atoms with Crippen LogP contribution < -0.4 is 5.32 Å². The number of likely N-dealkylation sites (tertiary alicyclic amines) is 1. The average molecular weight is 296 g/mol. The first-order valence-electron chi connectivity index (χ1n) is 8.63. The molecule has 1 N–H and O–H groups in total. The van der Waals surface area contributed by atoms with E-state index in [0.29, 0.717) is 18.0 Å². The van der Waals surface area contributed by atoms with Gasteiger partial charge in [-0.2, -0.15) is 0 Å². The summed E-state index contributed by atoms with van der Waals surface area (Å²) in [6, 6.07) is 1.21. The van der Waals surface area contributed by atoms with E-state index in [9.17, 15) is 4.79 Å². The van der Waals surface area contributed by atoms with Crippen LogP contribution in [0.3, 0.4) is 0 Å². The standard InChI is InChI=1S/C17H32N2O2/c1-5-18-17(16(20)21-4)10-6-8-14(12-17)19-11-7-9-15(19)13(2)3/h13-15,18H,5-12H2,1-4H3. The zero-order valence-corrected chi connectivity index (χ0v) is 14.2. The molecule has 2 aliphatic rings. The second-order valence-electron chi connectivity index (χ2n) is 7.05. The summed E-state index contributed by atoms with van der Waals surface area (Å²) in [4.78, 5) is 15.0. The van der Waals surface area contributed by atoms with Crippen LogP contribution in [0.25, 0.3) is 0 Å². The van der Waals surface area contributed by atoms with E-state index in [1.807, 2.05) is 0 Å². The Hall–Kier alpha value is -0.610. The fourth-order valence-electron chi connectivity index (χ4n) is 4.47. The zero-order valence-electron chi connectivity index (χ0n) is 14.2. The molecule has 1 saturated heterocycles. The van der Waals surface area contributed by atoms with Gasteiger partial charge in [-0.1, -0.05) is 20.8 Å². The lowest BCUT2D eigenvalue weighted by Crippen LogP contribution is -2.59. The highest BCUT2D eigenvalue weighted by Gasteiger charge is 2.46. The van der Waals surface area contributed by atoms with Gasteiger partial charge < -0.3 is 10.1 Å². The molecule has 3 atom stereocenters. The molecule has 4 heteroatoms. The minimum atomic E-state index is -0.462. The highest BCUT2D eigenvalue weighted by atomic mass is 16.5. The van der Waals surface area contributed by atoms with Gasteiger partial charge in [-0.05, 0) is 57.5 Å². The summed E-state index contributed by atoms with van der Waals surface area (Å²) < 4.78 is 5.11. The number of likely N-dealkylation sites (N-methyl/N-ethyl adjacent to an activating group) is 1. The summed E-state index contributed by atoms with van der Waals surface area (Å²) in [5, 5.41) is 3.44. The van der Waals surface area contributed by atoms with E-state index in [4.69, 9.17) is 4.74 Å². The Morgan fingerprint density at radius 3 is 2.76 bits per heavy atom. The lowest BCUT2D eigenvalue weighted by atomic mass is 9.77. The smallest absolute Gasteiger partial charge is 0.326 e. The number of carbonyl (C=O) groups excluding carboxylic acids is 1. The number of ether oxygens (including phenoxy) is 1. The van der Waals surface area contributed by atoms with E-state index in [1.165, 1.54) is 32.9 Å². The normalized spacial score (nSPS) is 34.3. The monoisotopic (exact) mass is 296 g/mol. The Labute approximate surface area is 129 Å². The van der Waals surface area contributed by atoms with Gasteiger partial charge in [0, 0.05) is 12.1 Å². The molecule has 0 aromatic rings. The van der Waals surface area contributed by atoms with Gasteiger partial charge in [0.1, 0.15) is 5.54 Å². The van der Waals surface area contributed by atoms with Crippen molar-refractivity contribution in [1.82, 2.24) is 10.2 Å². The van der Waals surface area contributed by atoms with Crippen LogP contribution in [0, 0.1) is 5.92 Å². The Kier molecular flexibility index (Phi) is 5.67. The fraction of sp³-hybridized carbons (Fsp3) is 0.941. The molecule has 2 fully saturated rings. The maximum absolute atomic E-state index is 12.4. The van der Waals surface area contributed by atoms with Crippen LogP contribution in [0.2, 0.25) is 0 Å². The molecule has 0 bridgehead atoms. The summed E-state index contributed by atoms with van der Waals surface area (Å²) in [5.41, 5.74) is -0.462. The van der Waals surface area contributed by atoms with Crippen LogP contribution >= 0.6 is 0 Å². The van der Waals surface area contributed by atoms with Gasteiger partial charge in [0.2, 0.25) is 0 Å². The molecule has 0 amide bonds. The van der Waals surface area contributed by atoms with Crippen molar-refractivity contribution in [3.63, 3.8) is 0 Å². The zero-order chi connectivity index (χ0) is 15.5. The van der Waals surface area contributed by atoms with Crippen molar-refractivity contribution in [3.05, 3.63) is 0 Å². The van der Waals surface area contributed by atoms with Crippen molar-refractivity contribution in [3.8, 4) is 0 Å². The van der Waals surface area contributed by atoms with Crippen LogP contribution in [0.4, 0.5) is 0 Å². The van der Waals surface area contributed by atoms with Crippen molar-refractivity contribution < 1.29 is 9.53 Å². The molecule has 2 rings (SSSR count). The van der Waals surface area contributed by atoms with Crippen molar-refractivity contribution in [2.24, 2.45) is 5.92 Å². The number of hydrogen-bond donors (Lipinski definition) is 1. The van der Waals surface area contributed by atoms with E-state index >= 15 is 0 Å². The van der Waals surface area contributed by atoms with Gasteiger partial charge in [0.15, 0.2) is 0 Å². The van der Waals surface area contributed by atoms with E-state index in [2.05, 4.69) is 31.0 Å². The molecule has 122 valence electrons. The first kappa shape index (κ1) is 16.8. The van der Waals surface area contributed by atoms with E-state index < -0.39 is 5.54 Å². The molecule has 21 heavy (non-hydrogen) atoms. The van der Waals surface area contributed by atoms with Crippen molar-refractivity contribution in [1.29, 1.82) is 0 Å². The number of carbonyl (C=O) groups is 1. The molecule has 0 radical (unpaired) electrons. The maximum atomic E-state index is 12.4. The van der Waals surface area contributed by atoms with E-state index in [1.54, 1.807) is 0 Å². The second-order valence-corrected chi connectivity index (χ2v) is 7.05. The summed E-state index contributed by atoms with van der Waals surface area (Å²) in [6.45, 7) is 8.72. The molecule has 0 spiro atoms. The number of hydrogen-bond acceptors (Lipinski definition) is 4. The maximum Gasteiger partial charge on any atom is 0.326 e. The second kappa shape index (κ2) is 7.10. The Morgan fingerprint density at radius 2 is 2.14 bits per heavy atom. The third-order valence-corrected chi connectivity index (χ3v) is 5.40. The molecule has 1 aliphatic heterocycles. The lowest BCUT2D eigenvalue weighted by molar-refractivity contribution is -0.151. The molecule has 3 unspecified atom stereocenters. The molecule has 4 nitrogen and oxygen atoms in total. The fourth-order valence-corrected chi connectivity index (χ4v) is 4.47. The van der Waals surface area contributed by atoms with Crippen LogP contribution in [-0.4, -0.2) is 48.7 Å². The van der Waals surface area contributed by atoms with Gasteiger partial charge in [0.25, 0.3) is 0 Å². The summed E-state index contributed by atoms with van der Waals surface area (Å²) in [6.07, 6.45) is 6.73. The average Bonchev–Trinajstić information content (AvgIpc) is 2.96. The highest BCUT2D eigenvalue weighted by molar-refractivity contribution is 5.81. The first-order valence-corrected chi connectivity index (χ1v) is 8.63. The summed E-state index contributed by atoms with van der Waals surface area (Å²) in [7, 11) is 1.51. The molecule has 0 aromatic carbocycles. The van der Waals surface area contributed by atoms with E-state index in [0.717, 1.165) is 25.8 Å². The largest absolute Gasteiger partial charge is 0.468 e. The third-order valence-electron chi connectivity index (χ3n) is 5.40. The summed E-state index contributed by atoms with van der Waals surface area (Å²) >= 11 is 0. The predicted molar refractivity (Wildman–Crippen MR) is 85.2 cm³/mol. The Balaban J connectivity index is 2.13. The minimum Gasteiger partial charge on any atom is -0.468 e. The summed E-state index contributed by atoms with van der Waals surface area (Å²) in [5.74, 6) is 0.621. The van der Waals surface area contributed by atoms with Crippen LogP contribution in [0.5, 0.6) is 0 Å². The topological polar surface area (TPSA) is 41.6 Å².